The number of nitrogens with one attached hydrogen (secondary N) is 1. The van der Waals surface area contributed by atoms with Crippen molar-refractivity contribution >= 4 is 5.91 Å². The van der Waals surface area contributed by atoms with Gasteiger partial charge in [-0.2, -0.15) is 0 Å². The average molecular weight is 282 g/mol. The molecule has 0 spiro atoms. The highest BCUT2D eigenvalue weighted by Crippen LogP contribution is 2.38. The van der Waals surface area contributed by atoms with Gasteiger partial charge < -0.3 is 25.3 Å². The van der Waals surface area contributed by atoms with Gasteiger partial charge in [0.15, 0.2) is 11.5 Å². The zero-order valence-corrected chi connectivity index (χ0v) is 12.4. The molecule has 112 valence electrons. The Morgan fingerprint density at radius 3 is 2.15 bits per heavy atom. The fourth-order valence-corrected chi connectivity index (χ4v) is 1.66. The Morgan fingerprint density at radius 2 is 1.75 bits per heavy atom. The van der Waals surface area contributed by atoms with Gasteiger partial charge in [-0.05, 0) is 24.6 Å². The van der Waals surface area contributed by atoms with Crippen molar-refractivity contribution in [2.45, 2.75) is 6.92 Å². The molecular weight excluding hydrogens is 260 g/mol. The number of hydrogen-bond donors (Lipinski definition) is 2. The number of carbonyl (C=O) groups excluding carboxylic acids is 1. The van der Waals surface area contributed by atoms with Gasteiger partial charge in [-0.3, -0.25) is 4.79 Å². The van der Waals surface area contributed by atoms with Crippen LogP contribution in [0.4, 0.5) is 0 Å². The molecule has 0 saturated heterocycles. The lowest BCUT2D eigenvalue weighted by atomic mass is 10.1. The van der Waals surface area contributed by atoms with Crippen LogP contribution >= 0.6 is 0 Å². The molecule has 0 aliphatic rings. The molecule has 0 aliphatic heterocycles. The summed E-state index contributed by atoms with van der Waals surface area (Å²) in [4.78, 5) is 12.1. The molecule has 0 radical (unpaired) electrons. The topological polar surface area (TPSA) is 82.8 Å². The summed E-state index contributed by atoms with van der Waals surface area (Å²) < 4.78 is 15.6. The summed E-state index contributed by atoms with van der Waals surface area (Å²) in [5.74, 6) is 1.38. The minimum atomic E-state index is -0.204. The van der Waals surface area contributed by atoms with E-state index in [1.54, 1.807) is 12.1 Å². The van der Waals surface area contributed by atoms with E-state index in [2.05, 4.69) is 5.32 Å². The second kappa shape index (κ2) is 7.59. The van der Waals surface area contributed by atoms with Crippen LogP contribution in [0.3, 0.4) is 0 Å². The number of rotatable bonds is 7. The van der Waals surface area contributed by atoms with Crippen molar-refractivity contribution in [2.24, 2.45) is 11.7 Å². The fourth-order valence-electron chi connectivity index (χ4n) is 1.66. The van der Waals surface area contributed by atoms with Gasteiger partial charge >= 0.3 is 0 Å². The number of hydrogen-bond acceptors (Lipinski definition) is 5. The highest BCUT2D eigenvalue weighted by Gasteiger charge is 2.17. The number of ether oxygens (including phenoxy) is 3. The van der Waals surface area contributed by atoms with Crippen LogP contribution in [0.25, 0.3) is 0 Å². The molecule has 0 heterocycles. The van der Waals surface area contributed by atoms with Gasteiger partial charge in [-0.15, -0.1) is 0 Å². The Kier molecular flexibility index (Phi) is 6.11. The molecule has 6 nitrogen and oxygen atoms in total. The lowest BCUT2D eigenvalue weighted by molar-refractivity contribution is 0.0947. The van der Waals surface area contributed by atoms with Gasteiger partial charge in [-0.1, -0.05) is 6.92 Å². The summed E-state index contributed by atoms with van der Waals surface area (Å²) in [6.45, 7) is 3.01. The van der Waals surface area contributed by atoms with E-state index in [0.29, 0.717) is 35.9 Å². The molecule has 0 saturated carbocycles. The number of methoxy groups -OCH3 is 3. The first-order valence-electron chi connectivity index (χ1n) is 6.35. The van der Waals surface area contributed by atoms with Crippen LogP contribution in [-0.4, -0.2) is 40.3 Å². The van der Waals surface area contributed by atoms with Crippen LogP contribution in [0.15, 0.2) is 12.1 Å². The Hall–Kier alpha value is -1.95. The maximum absolute atomic E-state index is 12.1. The monoisotopic (exact) mass is 282 g/mol. The molecule has 6 heteroatoms. The molecule has 3 N–H and O–H groups in total. The van der Waals surface area contributed by atoms with Crippen molar-refractivity contribution in [3.05, 3.63) is 17.7 Å². The number of carbonyl (C=O) groups is 1. The van der Waals surface area contributed by atoms with Gasteiger partial charge in [0.2, 0.25) is 5.75 Å². The predicted molar refractivity (Wildman–Crippen MR) is 76.6 cm³/mol. The summed E-state index contributed by atoms with van der Waals surface area (Å²) in [6, 6.07) is 3.23. The van der Waals surface area contributed by atoms with Gasteiger partial charge in [0.05, 0.1) is 21.3 Å². The Morgan fingerprint density at radius 1 is 1.20 bits per heavy atom. The summed E-state index contributed by atoms with van der Waals surface area (Å²) >= 11 is 0. The average Bonchev–Trinajstić information content (AvgIpc) is 2.50. The fraction of sp³-hybridized carbons (Fsp3) is 0.500. The largest absolute Gasteiger partial charge is 0.493 e. The Labute approximate surface area is 119 Å². The van der Waals surface area contributed by atoms with E-state index in [4.69, 9.17) is 19.9 Å². The van der Waals surface area contributed by atoms with Crippen LogP contribution < -0.4 is 25.3 Å². The Balaban J connectivity index is 2.97. The van der Waals surface area contributed by atoms with Gasteiger partial charge in [0.1, 0.15) is 0 Å². The quantitative estimate of drug-likeness (QED) is 0.780. The van der Waals surface area contributed by atoms with Crippen molar-refractivity contribution < 1.29 is 19.0 Å². The van der Waals surface area contributed by atoms with Gasteiger partial charge in [0, 0.05) is 12.1 Å². The lowest BCUT2D eigenvalue weighted by Crippen LogP contribution is -2.31. The van der Waals surface area contributed by atoms with Gasteiger partial charge in [-0.25, -0.2) is 0 Å². The number of nitrogens with two attached hydrogens (primary N) is 1. The minimum Gasteiger partial charge on any atom is -0.493 e. The summed E-state index contributed by atoms with van der Waals surface area (Å²) in [5.41, 5.74) is 5.97. The Bertz CT molecular complexity index is 437. The smallest absolute Gasteiger partial charge is 0.251 e. The molecule has 1 unspecified atom stereocenters. The van der Waals surface area contributed by atoms with Crippen molar-refractivity contribution in [1.29, 1.82) is 0 Å². The molecule has 20 heavy (non-hydrogen) atoms. The van der Waals surface area contributed by atoms with Crippen molar-refractivity contribution in [3.8, 4) is 17.2 Å². The highest BCUT2D eigenvalue weighted by molar-refractivity contribution is 5.95. The summed E-state index contributed by atoms with van der Waals surface area (Å²) in [7, 11) is 4.54. The summed E-state index contributed by atoms with van der Waals surface area (Å²) in [6.07, 6.45) is 0. The third kappa shape index (κ3) is 3.77. The maximum atomic E-state index is 12.1. The van der Waals surface area contributed by atoms with Crippen LogP contribution in [-0.2, 0) is 0 Å². The first-order valence-corrected chi connectivity index (χ1v) is 6.35. The van der Waals surface area contributed by atoms with Crippen LogP contribution in [0.2, 0.25) is 0 Å². The van der Waals surface area contributed by atoms with Crippen LogP contribution in [0, 0.1) is 5.92 Å². The predicted octanol–water partition coefficient (Wildman–Crippen LogP) is 1.04. The second-order valence-corrected chi connectivity index (χ2v) is 4.46. The molecule has 1 atom stereocenters. The summed E-state index contributed by atoms with van der Waals surface area (Å²) in [5, 5.41) is 2.82. The highest BCUT2D eigenvalue weighted by atomic mass is 16.5. The van der Waals surface area contributed by atoms with E-state index in [-0.39, 0.29) is 11.8 Å². The van der Waals surface area contributed by atoms with E-state index < -0.39 is 0 Å². The molecule has 1 aromatic rings. The molecule has 1 amide bonds. The standard InChI is InChI=1S/C14H22N2O4/c1-9(7-15)8-16-14(17)10-5-11(18-2)13(20-4)12(6-10)19-3/h5-6,9H,7-8,15H2,1-4H3,(H,16,17). The third-order valence-corrected chi connectivity index (χ3v) is 2.94. The SMILES string of the molecule is COc1cc(C(=O)NCC(C)CN)cc(OC)c1OC. The van der Waals surface area contributed by atoms with Crippen molar-refractivity contribution in [2.75, 3.05) is 34.4 Å². The van der Waals surface area contributed by atoms with Crippen molar-refractivity contribution in [1.82, 2.24) is 5.32 Å². The molecule has 0 bridgehead atoms. The van der Waals surface area contributed by atoms with E-state index in [1.807, 2.05) is 6.92 Å². The van der Waals surface area contributed by atoms with Crippen LogP contribution in [0.5, 0.6) is 17.2 Å². The normalized spacial score (nSPS) is 11.7. The van der Waals surface area contributed by atoms with E-state index in [1.165, 1.54) is 21.3 Å². The van der Waals surface area contributed by atoms with E-state index in [9.17, 15) is 4.79 Å². The second-order valence-electron chi connectivity index (χ2n) is 4.46. The van der Waals surface area contributed by atoms with Crippen LogP contribution in [0.1, 0.15) is 17.3 Å². The van der Waals surface area contributed by atoms with E-state index >= 15 is 0 Å². The maximum Gasteiger partial charge on any atom is 0.251 e. The first-order chi connectivity index (χ1) is 9.57. The molecule has 1 rings (SSSR count). The van der Waals surface area contributed by atoms with Crippen molar-refractivity contribution in [3.63, 3.8) is 0 Å². The zero-order valence-electron chi connectivity index (χ0n) is 12.4. The zero-order chi connectivity index (χ0) is 15.1. The van der Waals surface area contributed by atoms with Gasteiger partial charge in [0.25, 0.3) is 5.91 Å². The number of amides is 1. The number of benzene rings is 1. The van der Waals surface area contributed by atoms with E-state index in [0.717, 1.165) is 0 Å². The first kappa shape index (κ1) is 16.1. The molecule has 0 aromatic heterocycles. The lowest BCUT2D eigenvalue weighted by Gasteiger charge is -2.15. The molecule has 1 aromatic carbocycles. The molecular formula is C14H22N2O4. The molecule has 0 fully saturated rings. The minimum absolute atomic E-state index is 0.204. The molecule has 0 aliphatic carbocycles. The third-order valence-electron chi connectivity index (χ3n) is 2.94.